The number of halogens is 1. The van der Waals surface area contributed by atoms with E-state index in [1.807, 2.05) is 0 Å². The zero-order valence-electron chi connectivity index (χ0n) is 17.6. The molecule has 1 saturated heterocycles. The maximum absolute atomic E-state index is 12.8. The molecule has 3 aromatic rings. The molecule has 10 nitrogen and oxygen atoms in total. The molecule has 1 fully saturated rings. The number of aromatic nitrogens is 1. The average Bonchev–Trinajstić information content (AvgIpc) is 3.41. The SMILES string of the molecule is O=C1NCC(COc2cc3[nH]c(C(=O)N[C@H](CO)c4ccc(C(=O)O)cc4)cc3cc2Cl)O1.S. The fourth-order valence-corrected chi connectivity index (χ4v) is 3.63. The predicted octanol–water partition coefficient (Wildman–Crippen LogP) is 2.58. The molecule has 2 aromatic carbocycles. The fraction of sp³-hybridized carbons (Fsp3) is 0.227. The molecule has 2 amide bonds. The van der Waals surface area contributed by atoms with Crippen LogP contribution in [0.1, 0.15) is 32.5 Å². The highest BCUT2D eigenvalue weighted by molar-refractivity contribution is 7.59. The van der Waals surface area contributed by atoms with Crippen LogP contribution in [0.3, 0.4) is 0 Å². The molecule has 0 saturated carbocycles. The van der Waals surface area contributed by atoms with E-state index < -0.39 is 30.1 Å². The van der Waals surface area contributed by atoms with Gasteiger partial charge in [0.1, 0.15) is 18.1 Å². The van der Waals surface area contributed by atoms with E-state index in [1.165, 1.54) is 24.3 Å². The molecule has 2 heterocycles. The molecule has 1 aliphatic rings. The Bertz CT molecular complexity index is 1220. The summed E-state index contributed by atoms with van der Waals surface area (Å²) in [6, 6.07) is 10.1. The molecule has 34 heavy (non-hydrogen) atoms. The van der Waals surface area contributed by atoms with Crippen LogP contribution in [-0.2, 0) is 4.74 Å². The molecule has 0 radical (unpaired) electrons. The highest BCUT2D eigenvalue weighted by Crippen LogP contribution is 2.31. The third-order valence-electron chi connectivity index (χ3n) is 5.14. The Hall–Kier alpha value is -3.41. The van der Waals surface area contributed by atoms with Crippen molar-refractivity contribution >= 4 is 54.0 Å². The number of amides is 2. The van der Waals surface area contributed by atoms with E-state index in [-0.39, 0.29) is 38.0 Å². The number of fused-ring (bicyclic) bond motifs is 1. The van der Waals surface area contributed by atoms with Crippen LogP contribution in [0.2, 0.25) is 5.02 Å². The van der Waals surface area contributed by atoms with E-state index in [1.54, 1.807) is 18.2 Å². The number of carboxylic acids is 1. The summed E-state index contributed by atoms with van der Waals surface area (Å²) in [4.78, 5) is 37.9. The highest BCUT2D eigenvalue weighted by atomic mass is 35.5. The van der Waals surface area contributed by atoms with E-state index in [2.05, 4.69) is 15.6 Å². The monoisotopic (exact) mass is 507 g/mol. The number of carbonyl (C=O) groups is 3. The molecule has 0 spiro atoms. The lowest BCUT2D eigenvalue weighted by Crippen LogP contribution is -2.31. The van der Waals surface area contributed by atoms with E-state index in [0.717, 1.165) is 0 Å². The molecule has 4 rings (SSSR count). The number of H-pyrrole nitrogens is 1. The number of aromatic carboxylic acids is 1. The Morgan fingerprint density at radius 3 is 2.59 bits per heavy atom. The Labute approximate surface area is 205 Å². The molecule has 1 aliphatic heterocycles. The van der Waals surface area contributed by atoms with Crippen LogP contribution in [0.15, 0.2) is 42.5 Å². The van der Waals surface area contributed by atoms with Gasteiger partial charge in [-0.1, -0.05) is 23.7 Å². The molecule has 12 heteroatoms. The van der Waals surface area contributed by atoms with Gasteiger partial charge in [0, 0.05) is 17.0 Å². The molecule has 1 aromatic heterocycles. The number of cyclic esters (lactones) is 1. The third kappa shape index (κ3) is 5.56. The number of carboxylic acid groups (broad SMARTS) is 1. The first-order valence-corrected chi connectivity index (χ1v) is 10.4. The van der Waals surface area contributed by atoms with E-state index in [0.29, 0.717) is 33.8 Å². The van der Waals surface area contributed by atoms with Crippen LogP contribution >= 0.6 is 25.1 Å². The number of aliphatic hydroxyl groups is 1. The van der Waals surface area contributed by atoms with Gasteiger partial charge in [0.05, 0.1) is 29.8 Å². The lowest BCUT2D eigenvalue weighted by atomic mass is 10.1. The van der Waals surface area contributed by atoms with Gasteiger partial charge in [-0.2, -0.15) is 13.5 Å². The standard InChI is InChI=1S/C22H20ClN3O7.H2S/c23-15-5-13-6-17(25-16(13)7-19(15)32-10-14-8-24-22(31)33-14)20(28)26-18(9-27)11-1-3-12(4-2-11)21(29)30;/h1-7,14,18,25,27H,8-10H2,(H,24,31)(H,26,28)(H,29,30);1H2/t14?,18-;/m1./s1. The number of rotatable bonds is 8. The summed E-state index contributed by atoms with van der Waals surface area (Å²) in [6.07, 6.45) is -0.918. The number of alkyl carbamates (subject to hydrolysis) is 1. The van der Waals surface area contributed by atoms with Crippen molar-refractivity contribution in [3.8, 4) is 5.75 Å². The van der Waals surface area contributed by atoms with E-state index >= 15 is 0 Å². The largest absolute Gasteiger partial charge is 0.488 e. The van der Waals surface area contributed by atoms with Crippen LogP contribution < -0.4 is 15.4 Å². The molecule has 180 valence electrons. The summed E-state index contributed by atoms with van der Waals surface area (Å²) < 4.78 is 10.7. The van der Waals surface area contributed by atoms with Gasteiger partial charge in [-0.3, -0.25) is 4.79 Å². The van der Waals surface area contributed by atoms with Crippen molar-refractivity contribution in [2.75, 3.05) is 19.8 Å². The average molecular weight is 508 g/mol. The first kappa shape index (κ1) is 25.2. The van der Waals surface area contributed by atoms with Gasteiger partial charge in [0.15, 0.2) is 6.10 Å². The van der Waals surface area contributed by atoms with Gasteiger partial charge in [-0.05, 0) is 29.8 Å². The molecule has 5 N–H and O–H groups in total. The van der Waals surface area contributed by atoms with Crippen LogP contribution in [0.25, 0.3) is 10.9 Å². The topological polar surface area (TPSA) is 150 Å². The van der Waals surface area contributed by atoms with E-state index in [4.69, 9.17) is 26.2 Å². The summed E-state index contributed by atoms with van der Waals surface area (Å²) in [6.45, 7) is 0.0935. The summed E-state index contributed by atoms with van der Waals surface area (Å²) in [5.41, 5.74) is 1.52. The Kier molecular flexibility index (Phi) is 7.92. The molecular weight excluding hydrogens is 486 g/mol. The van der Waals surface area contributed by atoms with Crippen molar-refractivity contribution in [3.63, 3.8) is 0 Å². The lowest BCUT2D eigenvalue weighted by Gasteiger charge is -2.16. The van der Waals surface area contributed by atoms with Gasteiger partial charge in [-0.15, -0.1) is 0 Å². The quantitative estimate of drug-likeness (QED) is 0.314. The number of hydrogen-bond acceptors (Lipinski definition) is 6. The first-order valence-electron chi connectivity index (χ1n) is 9.98. The Morgan fingerprint density at radius 2 is 1.97 bits per heavy atom. The summed E-state index contributed by atoms with van der Waals surface area (Å²) in [5, 5.41) is 25.0. The lowest BCUT2D eigenvalue weighted by molar-refractivity contribution is 0.0696. The summed E-state index contributed by atoms with van der Waals surface area (Å²) in [5.74, 6) is -1.16. The number of carbonyl (C=O) groups excluding carboxylic acids is 2. The Balaban J connectivity index is 0.00000324. The normalized spacial score (nSPS) is 15.7. The fourth-order valence-electron chi connectivity index (χ4n) is 3.40. The molecule has 2 atom stereocenters. The van der Waals surface area contributed by atoms with Crippen molar-refractivity contribution < 1.29 is 34.1 Å². The van der Waals surface area contributed by atoms with E-state index in [9.17, 15) is 19.5 Å². The number of benzene rings is 2. The van der Waals surface area contributed by atoms with Gasteiger partial charge in [-0.25, -0.2) is 9.59 Å². The maximum atomic E-state index is 12.8. The minimum Gasteiger partial charge on any atom is -0.488 e. The predicted molar refractivity (Wildman–Crippen MR) is 128 cm³/mol. The van der Waals surface area contributed by atoms with Crippen molar-refractivity contribution in [1.82, 2.24) is 15.6 Å². The van der Waals surface area contributed by atoms with Crippen molar-refractivity contribution in [3.05, 3.63) is 64.3 Å². The second kappa shape index (κ2) is 10.7. The number of aromatic amines is 1. The second-order valence-electron chi connectivity index (χ2n) is 7.41. The second-order valence-corrected chi connectivity index (χ2v) is 7.82. The minimum atomic E-state index is -1.06. The van der Waals surface area contributed by atoms with Crippen molar-refractivity contribution in [1.29, 1.82) is 0 Å². The van der Waals surface area contributed by atoms with Gasteiger partial charge < -0.3 is 35.3 Å². The molecule has 0 aliphatic carbocycles. The third-order valence-corrected chi connectivity index (χ3v) is 5.43. The highest BCUT2D eigenvalue weighted by Gasteiger charge is 2.23. The first-order chi connectivity index (χ1) is 15.8. The summed E-state index contributed by atoms with van der Waals surface area (Å²) in [7, 11) is 0. The van der Waals surface area contributed by atoms with Crippen LogP contribution in [0.4, 0.5) is 4.79 Å². The van der Waals surface area contributed by atoms with Crippen LogP contribution in [-0.4, -0.2) is 59.0 Å². The van der Waals surface area contributed by atoms with Crippen LogP contribution in [0, 0.1) is 0 Å². The molecule has 1 unspecified atom stereocenters. The summed E-state index contributed by atoms with van der Waals surface area (Å²) >= 11 is 6.29. The molecule has 0 bridgehead atoms. The number of nitrogens with one attached hydrogen (secondary N) is 3. The zero-order chi connectivity index (χ0) is 23.5. The Morgan fingerprint density at radius 1 is 1.24 bits per heavy atom. The smallest absolute Gasteiger partial charge is 0.407 e. The van der Waals surface area contributed by atoms with Crippen LogP contribution in [0.5, 0.6) is 5.75 Å². The minimum absolute atomic E-state index is 0. The number of aliphatic hydroxyl groups excluding tert-OH is 1. The zero-order valence-corrected chi connectivity index (χ0v) is 19.4. The van der Waals surface area contributed by atoms with Crippen molar-refractivity contribution in [2.45, 2.75) is 12.1 Å². The molecular formula is C22H22ClN3O7S. The number of hydrogen-bond donors (Lipinski definition) is 5. The number of ether oxygens (including phenoxy) is 2. The van der Waals surface area contributed by atoms with Gasteiger partial charge in [0.2, 0.25) is 0 Å². The van der Waals surface area contributed by atoms with Gasteiger partial charge in [0.25, 0.3) is 5.91 Å². The van der Waals surface area contributed by atoms with Crippen molar-refractivity contribution in [2.24, 2.45) is 0 Å². The maximum Gasteiger partial charge on any atom is 0.407 e. The van der Waals surface area contributed by atoms with Gasteiger partial charge >= 0.3 is 12.1 Å².